The average molecular weight is 168 g/mol. The summed E-state index contributed by atoms with van der Waals surface area (Å²) in [7, 11) is 2.04. The van der Waals surface area contributed by atoms with Gasteiger partial charge in [-0.25, -0.2) is 0 Å². The molecule has 1 fully saturated rings. The van der Waals surface area contributed by atoms with Crippen molar-refractivity contribution in [1.82, 2.24) is 10.2 Å². The highest BCUT2D eigenvalue weighted by molar-refractivity contribution is 5.79. The van der Waals surface area contributed by atoms with Gasteiger partial charge in [0, 0.05) is 13.1 Å². The Bertz CT molecular complexity index is 179. The number of nitrogens with zero attached hydrogens (tertiary/aromatic N) is 1. The van der Waals surface area contributed by atoms with Crippen LogP contribution in [-0.4, -0.2) is 37.5 Å². The Morgan fingerprint density at radius 1 is 1.83 bits per heavy atom. The lowest BCUT2D eigenvalue weighted by Crippen LogP contribution is -2.32. The third kappa shape index (κ3) is 2.34. The van der Waals surface area contributed by atoms with Gasteiger partial charge in [-0.1, -0.05) is 6.08 Å². The third-order valence-electron chi connectivity index (χ3n) is 2.18. The zero-order valence-corrected chi connectivity index (χ0v) is 7.55. The van der Waals surface area contributed by atoms with E-state index in [0.717, 1.165) is 19.5 Å². The Morgan fingerprint density at radius 2 is 2.58 bits per heavy atom. The molecule has 1 unspecified atom stereocenters. The first-order valence-corrected chi connectivity index (χ1v) is 4.31. The van der Waals surface area contributed by atoms with E-state index in [-0.39, 0.29) is 11.8 Å². The third-order valence-corrected chi connectivity index (χ3v) is 2.18. The monoisotopic (exact) mass is 168 g/mol. The van der Waals surface area contributed by atoms with Crippen LogP contribution in [0.1, 0.15) is 6.42 Å². The maximum Gasteiger partial charge on any atom is 0.224 e. The minimum atomic E-state index is 0.166. The van der Waals surface area contributed by atoms with E-state index in [2.05, 4.69) is 16.8 Å². The maximum absolute atomic E-state index is 11.4. The molecule has 1 N–H and O–H groups in total. The van der Waals surface area contributed by atoms with Crippen LogP contribution in [0.2, 0.25) is 0 Å². The highest BCUT2D eigenvalue weighted by Gasteiger charge is 2.25. The predicted molar refractivity (Wildman–Crippen MR) is 48.8 cm³/mol. The van der Waals surface area contributed by atoms with Gasteiger partial charge in [-0.05, 0) is 20.0 Å². The molecule has 3 nitrogen and oxygen atoms in total. The number of likely N-dealkylation sites (tertiary alicyclic amines) is 1. The first kappa shape index (κ1) is 9.26. The molecule has 1 heterocycles. The lowest BCUT2D eigenvalue weighted by atomic mass is 10.1. The largest absolute Gasteiger partial charge is 0.352 e. The van der Waals surface area contributed by atoms with E-state index >= 15 is 0 Å². The van der Waals surface area contributed by atoms with Crippen LogP contribution in [0, 0.1) is 5.92 Å². The van der Waals surface area contributed by atoms with Crippen molar-refractivity contribution in [2.75, 3.05) is 26.7 Å². The molecule has 0 aliphatic carbocycles. The molecule has 12 heavy (non-hydrogen) atoms. The Morgan fingerprint density at radius 3 is 3.08 bits per heavy atom. The second-order valence-corrected chi connectivity index (χ2v) is 3.28. The summed E-state index contributed by atoms with van der Waals surface area (Å²) in [5.74, 6) is 0.356. The van der Waals surface area contributed by atoms with E-state index in [4.69, 9.17) is 0 Å². The molecular weight excluding hydrogens is 152 g/mol. The Balaban J connectivity index is 2.28. The number of amides is 1. The summed E-state index contributed by atoms with van der Waals surface area (Å²) in [6.07, 6.45) is 2.69. The zero-order chi connectivity index (χ0) is 8.97. The van der Waals surface area contributed by atoms with Crippen molar-refractivity contribution in [3.63, 3.8) is 0 Å². The average Bonchev–Trinajstić information content (AvgIpc) is 2.47. The van der Waals surface area contributed by atoms with Gasteiger partial charge in [0.15, 0.2) is 0 Å². The molecule has 0 aromatic heterocycles. The summed E-state index contributed by atoms with van der Waals surface area (Å²) in [5, 5.41) is 2.81. The lowest BCUT2D eigenvalue weighted by Gasteiger charge is -2.09. The van der Waals surface area contributed by atoms with Gasteiger partial charge in [0.25, 0.3) is 0 Å². The fourth-order valence-electron chi connectivity index (χ4n) is 1.47. The van der Waals surface area contributed by atoms with Crippen LogP contribution >= 0.6 is 0 Å². The van der Waals surface area contributed by atoms with Crippen LogP contribution in [0.15, 0.2) is 12.7 Å². The Hall–Kier alpha value is -0.830. The van der Waals surface area contributed by atoms with Crippen LogP contribution in [0.25, 0.3) is 0 Å². The van der Waals surface area contributed by atoms with Crippen molar-refractivity contribution < 1.29 is 4.79 Å². The van der Waals surface area contributed by atoms with Gasteiger partial charge in [-0.2, -0.15) is 0 Å². The summed E-state index contributed by atoms with van der Waals surface area (Å²) in [6, 6.07) is 0. The quantitative estimate of drug-likeness (QED) is 0.612. The van der Waals surface area contributed by atoms with E-state index in [9.17, 15) is 4.79 Å². The molecule has 1 amide bonds. The summed E-state index contributed by atoms with van der Waals surface area (Å²) < 4.78 is 0. The lowest BCUT2D eigenvalue weighted by molar-refractivity contribution is -0.124. The first-order valence-electron chi connectivity index (χ1n) is 4.31. The minimum absolute atomic E-state index is 0.166. The molecule has 1 rings (SSSR count). The van der Waals surface area contributed by atoms with Gasteiger partial charge in [-0.3, -0.25) is 4.79 Å². The molecule has 0 aromatic carbocycles. The number of carbonyl (C=O) groups is 1. The summed E-state index contributed by atoms with van der Waals surface area (Å²) in [6.45, 7) is 6.06. The van der Waals surface area contributed by atoms with Crippen molar-refractivity contribution in [3.8, 4) is 0 Å². The van der Waals surface area contributed by atoms with Crippen LogP contribution in [0.5, 0.6) is 0 Å². The van der Waals surface area contributed by atoms with Crippen molar-refractivity contribution in [3.05, 3.63) is 12.7 Å². The molecule has 1 saturated heterocycles. The molecule has 1 aliphatic rings. The normalized spacial score (nSPS) is 23.9. The van der Waals surface area contributed by atoms with Crippen LogP contribution in [0.3, 0.4) is 0 Å². The number of nitrogens with one attached hydrogen (secondary N) is 1. The van der Waals surface area contributed by atoms with Gasteiger partial charge >= 0.3 is 0 Å². The highest BCUT2D eigenvalue weighted by atomic mass is 16.1. The van der Waals surface area contributed by atoms with Crippen LogP contribution < -0.4 is 5.32 Å². The van der Waals surface area contributed by atoms with E-state index in [1.54, 1.807) is 6.08 Å². The summed E-state index contributed by atoms with van der Waals surface area (Å²) in [4.78, 5) is 13.5. The fraction of sp³-hybridized carbons (Fsp3) is 0.667. The Labute approximate surface area is 73.4 Å². The molecule has 1 aliphatic heterocycles. The van der Waals surface area contributed by atoms with E-state index in [1.165, 1.54) is 0 Å². The van der Waals surface area contributed by atoms with Crippen molar-refractivity contribution in [2.45, 2.75) is 6.42 Å². The summed E-state index contributed by atoms with van der Waals surface area (Å²) >= 11 is 0. The van der Waals surface area contributed by atoms with Crippen molar-refractivity contribution >= 4 is 5.91 Å². The first-order chi connectivity index (χ1) is 5.74. The van der Waals surface area contributed by atoms with Crippen molar-refractivity contribution in [1.29, 1.82) is 0 Å². The fourth-order valence-corrected chi connectivity index (χ4v) is 1.47. The SMILES string of the molecule is C=CCNC(=O)C1CCN(C)C1. The predicted octanol–water partition coefficient (Wildman–Crippen LogP) is 0.240. The minimum Gasteiger partial charge on any atom is -0.352 e. The molecule has 1 atom stereocenters. The molecule has 68 valence electrons. The van der Waals surface area contributed by atoms with Crippen molar-refractivity contribution in [2.24, 2.45) is 5.92 Å². The molecule has 0 spiro atoms. The Kier molecular flexibility index (Phi) is 3.29. The molecular formula is C9H16N2O. The zero-order valence-electron chi connectivity index (χ0n) is 7.55. The molecule has 0 aromatic rings. The number of hydrogen-bond donors (Lipinski definition) is 1. The number of carbonyl (C=O) groups excluding carboxylic acids is 1. The number of hydrogen-bond acceptors (Lipinski definition) is 2. The van der Waals surface area contributed by atoms with Gasteiger partial charge in [-0.15, -0.1) is 6.58 Å². The number of rotatable bonds is 3. The molecule has 0 bridgehead atoms. The van der Waals surface area contributed by atoms with Gasteiger partial charge in [0.2, 0.25) is 5.91 Å². The van der Waals surface area contributed by atoms with Gasteiger partial charge in [0.1, 0.15) is 0 Å². The smallest absolute Gasteiger partial charge is 0.224 e. The summed E-state index contributed by atoms with van der Waals surface area (Å²) in [5.41, 5.74) is 0. The van der Waals surface area contributed by atoms with Crippen LogP contribution in [0.4, 0.5) is 0 Å². The highest BCUT2D eigenvalue weighted by Crippen LogP contribution is 2.13. The molecule has 0 saturated carbocycles. The molecule has 3 heteroatoms. The van der Waals surface area contributed by atoms with Crippen LogP contribution in [-0.2, 0) is 4.79 Å². The maximum atomic E-state index is 11.4. The van der Waals surface area contributed by atoms with E-state index < -0.39 is 0 Å². The van der Waals surface area contributed by atoms with Gasteiger partial charge < -0.3 is 10.2 Å². The molecule has 0 radical (unpaired) electrons. The van der Waals surface area contributed by atoms with E-state index in [0.29, 0.717) is 6.54 Å². The van der Waals surface area contributed by atoms with Gasteiger partial charge in [0.05, 0.1) is 5.92 Å². The second-order valence-electron chi connectivity index (χ2n) is 3.28. The van der Waals surface area contributed by atoms with E-state index in [1.807, 2.05) is 7.05 Å². The standard InChI is InChI=1S/C9H16N2O/c1-3-5-10-9(12)8-4-6-11(2)7-8/h3,8H,1,4-7H2,2H3,(H,10,12). The topological polar surface area (TPSA) is 32.3 Å². The second kappa shape index (κ2) is 4.26.